The summed E-state index contributed by atoms with van der Waals surface area (Å²) >= 11 is 0. The summed E-state index contributed by atoms with van der Waals surface area (Å²) < 4.78 is 13.4. The first kappa shape index (κ1) is 19.6. The van der Waals surface area contributed by atoms with Gasteiger partial charge in [0.2, 0.25) is 11.8 Å². The number of amides is 2. The third-order valence-corrected chi connectivity index (χ3v) is 4.25. The Kier molecular flexibility index (Phi) is 6.50. The lowest BCUT2D eigenvalue weighted by Crippen LogP contribution is -2.32. The first-order chi connectivity index (χ1) is 12.3. The number of benzene rings is 2. The van der Waals surface area contributed by atoms with E-state index in [1.54, 1.807) is 12.1 Å². The zero-order valence-corrected chi connectivity index (χ0v) is 15.7. The maximum Gasteiger partial charge on any atom is 0.226 e. The van der Waals surface area contributed by atoms with E-state index in [9.17, 15) is 14.0 Å². The summed E-state index contributed by atoms with van der Waals surface area (Å²) in [5, 5.41) is 2.97. The van der Waals surface area contributed by atoms with Crippen LogP contribution >= 0.6 is 0 Å². The number of para-hydroxylation sites is 1. The molecule has 26 heavy (non-hydrogen) atoms. The van der Waals surface area contributed by atoms with Gasteiger partial charge in [0.05, 0.1) is 0 Å². The number of carbonyl (C=O) groups is 2. The minimum Gasteiger partial charge on any atom is -0.326 e. The molecule has 2 aromatic carbocycles. The summed E-state index contributed by atoms with van der Waals surface area (Å²) in [6.07, 6.45) is 0.127. The van der Waals surface area contributed by atoms with Crippen LogP contribution in [-0.2, 0) is 9.59 Å². The fraction of sp³-hybridized carbons (Fsp3) is 0.333. The summed E-state index contributed by atoms with van der Waals surface area (Å²) in [5.41, 5.74) is 3.35. The lowest BCUT2D eigenvalue weighted by atomic mass is 9.98. The van der Waals surface area contributed by atoms with Crippen LogP contribution in [0.3, 0.4) is 0 Å². The van der Waals surface area contributed by atoms with Crippen molar-refractivity contribution in [1.29, 1.82) is 0 Å². The number of aryl methyl sites for hydroxylation is 1. The number of rotatable bonds is 6. The van der Waals surface area contributed by atoms with Crippen LogP contribution in [0.2, 0.25) is 0 Å². The van der Waals surface area contributed by atoms with Crippen LogP contribution in [0.15, 0.2) is 42.5 Å². The van der Waals surface area contributed by atoms with Crippen LogP contribution in [-0.4, -0.2) is 18.4 Å². The van der Waals surface area contributed by atoms with Crippen molar-refractivity contribution in [3.63, 3.8) is 0 Å². The molecule has 0 aromatic heterocycles. The second-order valence-corrected chi connectivity index (χ2v) is 6.64. The predicted molar refractivity (Wildman–Crippen MR) is 103 cm³/mol. The third-order valence-electron chi connectivity index (χ3n) is 4.25. The van der Waals surface area contributed by atoms with Crippen molar-refractivity contribution in [1.82, 2.24) is 0 Å². The van der Waals surface area contributed by atoms with E-state index in [-0.39, 0.29) is 30.7 Å². The molecule has 0 fully saturated rings. The first-order valence-corrected chi connectivity index (χ1v) is 8.72. The molecule has 0 unspecified atom stereocenters. The highest BCUT2D eigenvalue weighted by Gasteiger charge is 2.16. The first-order valence-electron chi connectivity index (χ1n) is 8.72. The Hall–Kier alpha value is -2.69. The molecule has 5 heteroatoms. The standard InChI is InChI=1S/C21H25FN2O2/c1-14(2)19-10-5-7-15(3)21(19)23-20(26)11-12-24(16(4)25)18-9-6-8-17(22)13-18/h5-10,13-14H,11-12H2,1-4H3,(H,23,26). The molecule has 0 saturated carbocycles. The molecule has 0 aliphatic carbocycles. The van der Waals surface area contributed by atoms with Gasteiger partial charge in [-0.3, -0.25) is 9.59 Å². The van der Waals surface area contributed by atoms with Gasteiger partial charge in [0.15, 0.2) is 0 Å². The molecule has 2 rings (SSSR count). The Bertz CT molecular complexity index is 802. The lowest BCUT2D eigenvalue weighted by molar-refractivity contribution is -0.117. The van der Waals surface area contributed by atoms with Crippen molar-refractivity contribution >= 4 is 23.2 Å². The molecule has 0 radical (unpaired) electrons. The molecule has 0 heterocycles. The Morgan fingerprint density at radius 1 is 1.15 bits per heavy atom. The van der Waals surface area contributed by atoms with Gasteiger partial charge in [-0.15, -0.1) is 0 Å². The maximum atomic E-state index is 13.4. The Labute approximate surface area is 154 Å². The molecule has 0 aliphatic heterocycles. The van der Waals surface area contributed by atoms with E-state index in [0.717, 1.165) is 16.8 Å². The molecular weight excluding hydrogens is 331 g/mol. The van der Waals surface area contributed by atoms with Crippen molar-refractivity contribution < 1.29 is 14.0 Å². The summed E-state index contributed by atoms with van der Waals surface area (Å²) in [5.74, 6) is -0.545. The van der Waals surface area contributed by atoms with Crippen molar-refractivity contribution in [2.24, 2.45) is 0 Å². The Balaban J connectivity index is 2.09. The lowest BCUT2D eigenvalue weighted by Gasteiger charge is -2.22. The molecular formula is C21H25FN2O2. The smallest absolute Gasteiger partial charge is 0.226 e. The summed E-state index contributed by atoms with van der Waals surface area (Å²) in [6, 6.07) is 11.7. The molecule has 138 valence electrons. The van der Waals surface area contributed by atoms with E-state index in [4.69, 9.17) is 0 Å². The van der Waals surface area contributed by atoms with Crippen LogP contribution in [0.25, 0.3) is 0 Å². The van der Waals surface area contributed by atoms with Crippen molar-refractivity contribution in [2.75, 3.05) is 16.8 Å². The third kappa shape index (κ3) is 4.91. The molecule has 4 nitrogen and oxygen atoms in total. The normalized spacial score (nSPS) is 10.7. The van der Waals surface area contributed by atoms with E-state index in [1.807, 2.05) is 25.1 Å². The number of anilines is 2. The number of nitrogens with one attached hydrogen (secondary N) is 1. The van der Waals surface area contributed by atoms with Crippen LogP contribution < -0.4 is 10.2 Å². The van der Waals surface area contributed by atoms with Crippen molar-refractivity contribution in [2.45, 2.75) is 40.0 Å². The van der Waals surface area contributed by atoms with E-state index < -0.39 is 5.82 Å². The van der Waals surface area contributed by atoms with Gasteiger partial charge >= 0.3 is 0 Å². The van der Waals surface area contributed by atoms with E-state index in [1.165, 1.54) is 24.0 Å². The Morgan fingerprint density at radius 3 is 2.46 bits per heavy atom. The maximum absolute atomic E-state index is 13.4. The second-order valence-electron chi connectivity index (χ2n) is 6.64. The largest absolute Gasteiger partial charge is 0.326 e. The predicted octanol–water partition coefficient (Wildman–Crippen LogP) is 4.64. The average Bonchev–Trinajstić information content (AvgIpc) is 2.56. The molecule has 0 atom stereocenters. The minimum absolute atomic E-state index is 0.127. The van der Waals surface area contributed by atoms with Crippen LogP contribution in [0.1, 0.15) is 44.2 Å². The summed E-state index contributed by atoms with van der Waals surface area (Å²) in [4.78, 5) is 25.7. The van der Waals surface area contributed by atoms with Gasteiger partial charge in [-0.25, -0.2) is 4.39 Å². The highest BCUT2D eigenvalue weighted by molar-refractivity contribution is 5.95. The highest BCUT2D eigenvalue weighted by Crippen LogP contribution is 2.27. The minimum atomic E-state index is -0.417. The van der Waals surface area contributed by atoms with Gasteiger partial charge in [0.1, 0.15) is 5.82 Å². The number of carbonyl (C=O) groups excluding carboxylic acids is 2. The van der Waals surface area contributed by atoms with Crippen LogP contribution in [0.4, 0.5) is 15.8 Å². The number of hydrogen-bond acceptors (Lipinski definition) is 2. The van der Waals surface area contributed by atoms with Gasteiger partial charge < -0.3 is 10.2 Å². The van der Waals surface area contributed by atoms with Crippen LogP contribution in [0.5, 0.6) is 0 Å². The van der Waals surface area contributed by atoms with Gasteiger partial charge in [-0.05, 0) is 42.2 Å². The van der Waals surface area contributed by atoms with E-state index in [2.05, 4.69) is 19.2 Å². The molecule has 2 aromatic rings. The number of halogens is 1. The van der Waals surface area contributed by atoms with Gasteiger partial charge in [0, 0.05) is 31.3 Å². The SMILES string of the molecule is CC(=O)N(CCC(=O)Nc1c(C)cccc1C(C)C)c1cccc(F)c1. The zero-order chi connectivity index (χ0) is 19.3. The topological polar surface area (TPSA) is 49.4 Å². The van der Waals surface area contributed by atoms with E-state index >= 15 is 0 Å². The van der Waals surface area contributed by atoms with Gasteiger partial charge in [0.25, 0.3) is 0 Å². The molecule has 0 aliphatic rings. The summed E-state index contributed by atoms with van der Waals surface area (Å²) in [7, 11) is 0. The molecule has 1 N–H and O–H groups in total. The van der Waals surface area contributed by atoms with Crippen molar-refractivity contribution in [3.05, 3.63) is 59.4 Å². The molecule has 0 spiro atoms. The van der Waals surface area contributed by atoms with Crippen molar-refractivity contribution in [3.8, 4) is 0 Å². The van der Waals surface area contributed by atoms with Gasteiger partial charge in [-0.1, -0.05) is 38.1 Å². The highest BCUT2D eigenvalue weighted by atomic mass is 19.1. The van der Waals surface area contributed by atoms with Gasteiger partial charge in [-0.2, -0.15) is 0 Å². The number of nitrogens with zero attached hydrogens (tertiary/aromatic N) is 1. The van der Waals surface area contributed by atoms with Crippen LogP contribution in [0, 0.1) is 12.7 Å². The molecule has 0 saturated heterocycles. The second kappa shape index (κ2) is 8.61. The average molecular weight is 356 g/mol. The zero-order valence-electron chi connectivity index (χ0n) is 15.7. The molecule has 2 amide bonds. The number of hydrogen-bond donors (Lipinski definition) is 1. The fourth-order valence-electron chi connectivity index (χ4n) is 2.87. The Morgan fingerprint density at radius 2 is 1.85 bits per heavy atom. The fourth-order valence-corrected chi connectivity index (χ4v) is 2.87. The quantitative estimate of drug-likeness (QED) is 0.820. The van der Waals surface area contributed by atoms with E-state index in [0.29, 0.717) is 5.69 Å². The molecule has 0 bridgehead atoms. The summed E-state index contributed by atoms with van der Waals surface area (Å²) in [6.45, 7) is 7.70. The monoisotopic (exact) mass is 356 g/mol.